The van der Waals surface area contributed by atoms with Gasteiger partial charge in [0.1, 0.15) is 11.5 Å². The van der Waals surface area contributed by atoms with Gasteiger partial charge in [0.2, 0.25) is 5.92 Å². The number of pyridine rings is 1. The maximum atomic E-state index is 13.3. The van der Waals surface area contributed by atoms with Crippen LogP contribution in [0.25, 0.3) is 0 Å². The Bertz CT molecular complexity index is 530. The molecule has 2 heterocycles. The van der Waals surface area contributed by atoms with E-state index in [1.54, 1.807) is 0 Å². The molecule has 1 fully saturated rings. The van der Waals surface area contributed by atoms with Crippen LogP contribution in [-0.2, 0) is 6.18 Å². The van der Waals surface area contributed by atoms with Crippen molar-refractivity contribution >= 4 is 21.7 Å². The van der Waals surface area contributed by atoms with Crippen LogP contribution in [-0.4, -0.2) is 24.0 Å². The van der Waals surface area contributed by atoms with E-state index in [4.69, 9.17) is 0 Å². The first-order valence-corrected chi connectivity index (χ1v) is 7.26. The van der Waals surface area contributed by atoms with E-state index < -0.39 is 17.8 Å². The average Bonchev–Trinajstić information content (AvgIpc) is 2.49. The van der Waals surface area contributed by atoms with Gasteiger partial charge in [-0.3, -0.25) is 0 Å². The highest BCUT2D eigenvalue weighted by Gasteiger charge is 2.37. The molecule has 0 bridgehead atoms. The smallest absolute Gasteiger partial charge is 0.355 e. The Morgan fingerprint density at radius 3 is 2.52 bits per heavy atom. The maximum absolute atomic E-state index is 13.3. The normalized spacial score (nSPS) is 19.5. The van der Waals surface area contributed by atoms with Crippen LogP contribution >= 0.6 is 15.9 Å². The lowest BCUT2D eigenvalue weighted by atomic mass is 10.1. The van der Waals surface area contributed by atoms with Crippen LogP contribution in [0.3, 0.4) is 0 Å². The van der Waals surface area contributed by atoms with Gasteiger partial charge in [-0.2, -0.15) is 13.2 Å². The molecule has 0 atom stereocenters. The number of anilines is 1. The van der Waals surface area contributed by atoms with Crippen LogP contribution < -0.4 is 4.90 Å². The van der Waals surface area contributed by atoms with Crippen molar-refractivity contribution in [3.05, 3.63) is 21.8 Å². The van der Waals surface area contributed by atoms with E-state index in [0.29, 0.717) is 4.47 Å². The predicted molar refractivity (Wildman–Crippen MR) is 72.7 cm³/mol. The van der Waals surface area contributed by atoms with Gasteiger partial charge < -0.3 is 4.90 Å². The summed E-state index contributed by atoms with van der Waals surface area (Å²) in [4.78, 5) is 5.15. The summed E-state index contributed by atoms with van der Waals surface area (Å²) in [7, 11) is 0. The second-order valence-corrected chi connectivity index (χ2v) is 6.01. The van der Waals surface area contributed by atoms with Gasteiger partial charge in [0.25, 0.3) is 0 Å². The largest absolute Gasteiger partial charge is 0.433 e. The molecule has 2 nitrogen and oxygen atoms in total. The summed E-state index contributed by atoms with van der Waals surface area (Å²) in [5, 5.41) is 0. The van der Waals surface area contributed by atoms with Gasteiger partial charge in [-0.05, 0) is 40.9 Å². The zero-order valence-electron chi connectivity index (χ0n) is 11.3. The molecule has 1 aromatic heterocycles. The van der Waals surface area contributed by atoms with Crippen LogP contribution in [0, 0.1) is 6.92 Å². The number of aryl methyl sites for hydroxylation is 1. The number of halogens is 6. The van der Waals surface area contributed by atoms with E-state index in [1.807, 2.05) is 0 Å². The summed E-state index contributed by atoms with van der Waals surface area (Å²) in [6.07, 6.45) is -4.97. The van der Waals surface area contributed by atoms with Crippen LogP contribution in [0.5, 0.6) is 0 Å². The van der Waals surface area contributed by atoms with E-state index in [9.17, 15) is 22.0 Å². The molecule has 0 radical (unpaired) electrons. The van der Waals surface area contributed by atoms with Crippen molar-refractivity contribution in [1.82, 2.24) is 4.98 Å². The Kier molecular flexibility index (Phi) is 4.46. The van der Waals surface area contributed by atoms with Gasteiger partial charge in [-0.15, -0.1) is 0 Å². The van der Waals surface area contributed by atoms with E-state index in [1.165, 1.54) is 17.9 Å². The zero-order chi connectivity index (χ0) is 15.8. The van der Waals surface area contributed by atoms with Crippen molar-refractivity contribution in [2.24, 2.45) is 0 Å². The quantitative estimate of drug-likeness (QED) is 0.658. The number of hydrogen-bond donors (Lipinski definition) is 0. The Morgan fingerprint density at radius 2 is 1.90 bits per heavy atom. The minimum absolute atomic E-state index is 0.00160. The third kappa shape index (κ3) is 3.84. The van der Waals surface area contributed by atoms with E-state index in [0.717, 1.165) is 0 Å². The third-order valence-corrected chi connectivity index (χ3v) is 4.02. The third-order valence-electron chi connectivity index (χ3n) is 3.43. The topological polar surface area (TPSA) is 16.1 Å². The number of alkyl halides is 5. The molecule has 1 aliphatic rings. The van der Waals surface area contributed by atoms with E-state index in [-0.39, 0.29) is 43.7 Å². The van der Waals surface area contributed by atoms with Gasteiger partial charge in [-0.25, -0.2) is 13.8 Å². The Labute approximate surface area is 127 Å². The Hall–Kier alpha value is -0.920. The fourth-order valence-corrected chi connectivity index (χ4v) is 3.04. The monoisotopic (exact) mass is 372 g/mol. The van der Waals surface area contributed by atoms with Crippen molar-refractivity contribution in [3.63, 3.8) is 0 Å². The van der Waals surface area contributed by atoms with Crippen LogP contribution in [0.2, 0.25) is 0 Å². The van der Waals surface area contributed by atoms with Crippen molar-refractivity contribution in [1.29, 1.82) is 0 Å². The second kappa shape index (κ2) is 5.70. The van der Waals surface area contributed by atoms with Gasteiger partial charge in [-0.1, -0.05) is 0 Å². The molecule has 0 spiro atoms. The molecule has 8 heteroatoms. The first-order valence-electron chi connectivity index (χ1n) is 6.47. The standard InChI is InChI=1S/C13H14BrF5N2/c1-8-7-9(14)11(20-10(8)13(17,18)19)21-5-2-3-12(15,16)4-6-21/h7H,2-6H2,1H3. The minimum atomic E-state index is -4.56. The van der Waals surface area contributed by atoms with E-state index in [2.05, 4.69) is 20.9 Å². The second-order valence-electron chi connectivity index (χ2n) is 5.15. The lowest BCUT2D eigenvalue weighted by Gasteiger charge is -2.24. The van der Waals surface area contributed by atoms with Gasteiger partial charge in [0.15, 0.2) is 0 Å². The Morgan fingerprint density at radius 1 is 1.24 bits per heavy atom. The molecule has 0 amide bonds. The lowest BCUT2D eigenvalue weighted by Crippen LogP contribution is -2.28. The highest BCUT2D eigenvalue weighted by Crippen LogP contribution is 2.37. The average molecular weight is 373 g/mol. The number of hydrogen-bond acceptors (Lipinski definition) is 2. The fourth-order valence-electron chi connectivity index (χ4n) is 2.35. The molecule has 2 rings (SSSR count). The van der Waals surface area contributed by atoms with Gasteiger partial charge in [0.05, 0.1) is 4.47 Å². The first-order chi connectivity index (χ1) is 9.60. The summed E-state index contributed by atoms with van der Waals surface area (Å²) in [5.41, 5.74) is -0.977. The molecular weight excluding hydrogens is 359 g/mol. The van der Waals surface area contributed by atoms with Crippen molar-refractivity contribution < 1.29 is 22.0 Å². The fraction of sp³-hybridized carbons (Fsp3) is 0.615. The Balaban J connectivity index is 2.35. The molecule has 1 aliphatic heterocycles. The summed E-state index contributed by atoms with van der Waals surface area (Å²) >= 11 is 3.18. The lowest BCUT2D eigenvalue weighted by molar-refractivity contribution is -0.141. The molecule has 0 N–H and O–H groups in total. The molecule has 0 saturated carbocycles. The minimum Gasteiger partial charge on any atom is -0.355 e. The summed E-state index contributed by atoms with van der Waals surface area (Å²) in [6.45, 7) is 1.57. The molecule has 118 valence electrons. The van der Waals surface area contributed by atoms with Crippen molar-refractivity contribution in [2.75, 3.05) is 18.0 Å². The molecule has 1 aromatic rings. The molecule has 0 aromatic carbocycles. The van der Waals surface area contributed by atoms with Crippen molar-refractivity contribution in [2.45, 2.75) is 38.3 Å². The van der Waals surface area contributed by atoms with Gasteiger partial charge in [0, 0.05) is 25.9 Å². The highest BCUT2D eigenvalue weighted by atomic mass is 79.9. The number of nitrogens with zero attached hydrogens (tertiary/aromatic N) is 2. The van der Waals surface area contributed by atoms with Crippen molar-refractivity contribution in [3.8, 4) is 0 Å². The zero-order valence-corrected chi connectivity index (χ0v) is 12.9. The molecule has 0 aliphatic carbocycles. The number of aromatic nitrogens is 1. The summed E-state index contributed by atoms with van der Waals surface area (Å²) in [5.74, 6) is -2.69. The highest BCUT2D eigenvalue weighted by molar-refractivity contribution is 9.10. The van der Waals surface area contributed by atoms with Crippen LogP contribution in [0.4, 0.5) is 27.8 Å². The van der Waals surface area contributed by atoms with Crippen LogP contribution in [0.1, 0.15) is 30.5 Å². The molecular formula is C13H14BrF5N2. The van der Waals surface area contributed by atoms with E-state index >= 15 is 0 Å². The summed E-state index contributed by atoms with van der Waals surface area (Å²) < 4.78 is 65.8. The van der Waals surface area contributed by atoms with Crippen LogP contribution in [0.15, 0.2) is 10.5 Å². The molecule has 0 unspecified atom stereocenters. The molecule has 21 heavy (non-hydrogen) atoms. The molecule has 1 saturated heterocycles. The maximum Gasteiger partial charge on any atom is 0.433 e. The predicted octanol–water partition coefficient (Wildman–Crippen LogP) is 4.80. The van der Waals surface area contributed by atoms with Gasteiger partial charge >= 0.3 is 6.18 Å². The SMILES string of the molecule is Cc1cc(Br)c(N2CCCC(F)(F)CC2)nc1C(F)(F)F. The number of rotatable bonds is 1. The summed E-state index contributed by atoms with van der Waals surface area (Å²) in [6, 6.07) is 1.33. The first kappa shape index (κ1) is 16.5.